The van der Waals surface area contributed by atoms with E-state index in [1.807, 2.05) is 14.0 Å². The number of sulfonamides is 1. The number of halogens is 1. The molecular formula is C14H22ClN3O2S. The van der Waals surface area contributed by atoms with E-state index in [0.29, 0.717) is 12.2 Å². The minimum absolute atomic E-state index is 0.0150. The molecule has 21 heavy (non-hydrogen) atoms. The second kappa shape index (κ2) is 6.52. The molecule has 2 rings (SSSR count). The fraction of sp³-hybridized carbons (Fsp3) is 0.571. The number of hydrogen-bond donors (Lipinski definition) is 1. The molecular weight excluding hydrogens is 310 g/mol. The molecule has 1 atom stereocenters. The third-order valence-electron chi connectivity index (χ3n) is 3.90. The molecule has 1 saturated heterocycles. The summed E-state index contributed by atoms with van der Waals surface area (Å²) in [4.78, 5) is 2.39. The van der Waals surface area contributed by atoms with Crippen molar-refractivity contribution in [2.24, 2.45) is 0 Å². The van der Waals surface area contributed by atoms with E-state index in [-0.39, 0.29) is 16.0 Å². The van der Waals surface area contributed by atoms with Crippen molar-refractivity contribution in [3.8, 4) is 0 Å². The van der Waals surface area contributed by atoms with Crippen molar-refractivity contribution in [2.75, 3.05) is 32.4 Å². The zero-order chi connectivity index (χ0) is 15.6. The van der Waals surface area contributed by atoms with Gasteiger partial charge in [0, 0.05) is 19.1 Å². The maximum atomic E-state index is 12.9. The van der Waals surface area contributed by atoms with Gasteiger partial charge in [-0.05, 0) is 44.6 Å². The molecule has 0 bridgehead atoms. The molecule has 0 spiro atoms. The van der Waals surface area contributed by atoms with Crippen LogP contribution in [0.15, 0.2) is 23.1 Å². The van der Waals surface area contributed by atoms with Crippen LogP contribution in [0, 0.1) is 0 Å². The minimum Gasteiger partial charge on any atom is -0.398 e. The summed E-state index contributed by atoms with van der Waals surface area (Å²) in [5, 5.41) is 0.274. The average molecular weight is 332 g/mol. The van der Waals surface area contributed by atoms with Crippen LogP contribution in [-0.4, -0.2) is 50.3 Å². The van der Waals surface area contributed by atoms with Gasteiger partial charge in [-0.25, -0.2) is 8.42 Å². The molecule has 1 heterocycles. The Morgan fingerprint density at radius 3 is 2.71 bits per heavy atom. The van der Waals surface area contributed by atoms with Gasteiger partial charge in [0.05, 0.1) is 15.6 Å². The highest BCUT2D eigenvalue weighted by Crippen LogP contribution is 2.27. The Morgan fingerprint density at radius 2 is 2.10 bits per heavy atom. The number of rotatable bonds is 3. The van der Waals surface area contributed by atoms with Crippen LogP contribution >= 0.6 is 11.6 Å². The van der Waals surface area contributed by atoms with E-state index in [1.54, 1.807) is 10.4 Å². The van der Waals surface area contributed by atoms with Gasteiger partial charge in [0.25, 0.3) is 0 Å². The van der Waals surface area contributed by atoms with Crippen molar-refractivity contribution >= 4 is 27.3 Å². The van der Waals surface area contributed by atoms with Gasteiger partial charge in [0.1, 0.15) is 0 Å². The number of nitrogen functional groups attached to an aromatic ring is 1. The molecule has 0 amide bonds. The highest BCUT2D eigenvalue weighted by molar-refractivity contribution is 7.89. The van der Waals surface area contributed by atoms with E-state index < -0.39 is 10.0 Å². The maximum absolute atomic E-state index is 12.9. The van der Waals surface area contributed by atoms with Crippen LogP contribution in [-0.2, 0) is 10.0 Å². The SMILES string of the molecule is CCC1CN(C)CCCN1S(=O)(=O)c1ccc(N)c(Cl)c1. The van der Waals surface area contributed by atoms with Crippen LogP contribution in [0.2, 0.25) is 5.02 Å². The number of nitrogens with zero attached hydrogens (tertiary/aromatic N) is 2. The Balaban J connectivity index is 2.38. The van der Waals surface area contributed by atoms with Gasteiger partial charge in [-0.3, -0.25) is 0 Å². The second-order valence-corrected chi connectivity index (χ2v) is 7.77. The van der Waals surface area contributed by atoms with Crippen LogP contribution in [0.4, 0.5) is 5.69 Å². The van der Waals surface area contributed by atoms with Crippen molar-refractivity contribution in [2.45, 2.75) is 30.7 Å². The van der Waals surface area contributed by atoms with Crippen molar-refractivity contribution in [3.63, 3.8) is 0 Å². The van der Waals surface area contributed by atoms with E-state index in [4.69, 9.17) is 17.3 Å². The lowest BCUT2D eigenvalue weighted by molar-refractivity contribution is 0.270. The standard InChI is InChI=1S/C14H22ClN3O2S/c1-3-11-10-17(2)7-4-8-18(11)21(19,20)12-5-6-14(16)13(15)9-12/h5-6,9,11H,3-4,7-8,10,16H2,1-2H3. The van der Waals surface area contributed by atoms with Gasteiger partial charge in [0.15, 0.2) is 0 Å². The maximum Gasteiger partial charge on any atom is 0.243 e. The Labute approximate surface area is 131 Å². The number of hydrogen-bond acceptors (Lipinski definition) is 4. The highest BCUT2D eigenvalue weighted by Gasteiger charge is 2.32. The molecule has 7 heteroatoms. The second-order valence-electron chi connectivity index (χ2n) is 5.48. The van der Waals surface area contributed by atoms with Gasteiger partial charge in [-0.2, -0.15) is 4.31 Å². The molecule has 1 aromatic rings. The topological polar surface area (TPSA) is 66.6 Å². The smallest absolute Gasteiger partial charge is 0.243 e. The lowest BCUT2D eigenvalue weighted by Crippen LogP contribution is -2.43. The van der Waals surface area contributed by atoms with Crippen LogP contribution in [0.5, 0.6) is 0 Å². The molecule has 118 valence electrons. The van der Waals surface area contributed by atoms with E-state index in [1.165, 1.54) is 12.1 Å². The number of nitrogens with two attached hydrogens (primary N) is 1. The average Bonchev–Trinajstić information content (AvgIpc) is 2.63. The fourth-order valence-electron chi connectivity index (χ4n) is 2.67. The van der Waals surface area contributed by atoms with Crippen molar-refractivity contribution in [3.05, 3.63) is 23.2 Å². The van der Waals surface area contributed by atoms with Crippen LogP contribution in [0.3, 0.4) is 0 Å². The van der Waals surface area contributed by atoms with Gasteiger partial charge in [-0.15, -0.1) is 0 Å². The largest absolute Gasteiger partial charge is 0.398 e. The van der Waals surface area contributed by atoms with E-state index >= 15 is 0 Å². The first-order valence-corrected chi connectivity index (χ1v) is 8.93. The van der Waals surface area contributed by atoms with Crippen LogP contribution < -0.4 is 5.73 Å². The molecule has 1 aliphatic heterocycles. The predicted molar refractivity (Wildman–Crippen MR) is 85.9 cm³/mol. The Hall–Kier alpha value is -0.820. The first-order chi connectivity index (χ1) is 9.86. The normalized spacial score (nSPS) is 22.1. The van der Waals surface area contributed by atoms with Crippen LogP contribution in [0.25, 0.3) is 0 Å². The Morgan fingerprint density at radius 1 is 1.38 bits per heavy atom. The first-order valence-electron chi connectivity index (χ1n) is 7.11. The number of benzene rings is 1. The number of likely N-dealkylation sites (N-methyl/N-ethyl adjacent to an activating group) is 1. The van der Waals surface area contributed by atoms with Gasteiger partial charge in [-0.1, -0.05) is 18.5 Å². The molecule has 0 aromatic heterocycles. The summed E-state index contributed by atoms with van der Waals surface area (Å²) in [5.41, 5.74) is 6.05. The van der Waals surface area contributed by atoms with E-state index in [0.717, 1.165) is 25.9 Å². The molecule has 1 unspecified atom stereocenters. The highest BCUT2D eigenvalue weighted by atomic mass is 35.5. The molecule has 0 radical (unpaired) electrons. The van der Waals surface area contributed by atoms with Gasteiger partial charge in [0.2, 0.25) is 10.0 Å². The summed E-state index contributed by atoms with van der Waals surface area (Å²) in [6.07, 6.45) is 1.61. The molecule has 0 aliphatic carbocycles. The van der Waals surface area contributed by atoms with Crippen LogP contribution in [0.1, 0.15) is 19.8 Å². The molecule has 0 saturated carbocycles. The summed E-state index contributed by atoms with van der Waals surface area (Å²) < 4.78 is 27.4. The third kappa shape index (κ3) is 3.51. The molecule has 1 fully saturated rings. The minimum atomic E-state index is -3.54. The van der Waals surface area contributed by atoms with E-state index in [9.17, 15) is 8.42 Å². The van der Waals surface area contributed by atoms with Crippen molar-refractivity contribution in [1.82, 2.24) is 9.21 Å². The van der Waals surface area contributed by atoms with Crippen molar-refractivity contribution in [1.29, 1.82) is 0 Å². The summed E-state index contributed by atoms with van der Waals surface area (Å²) in [5.74, 6) is 0. The van der Waals surface area contributed by atoms with E-state index in [2.05, 4.69) is 4.90 Å². The Bertz CT molecular complexity index is 606. The summed E-state index contributed by atoms with van der Waals surface area (Å²) in [6, 6.07) is 4.49. The molecule has 2 N–H and O–H groups in total. The first kappa shape index (κ1) is 16.5. The molecule has 1 aliphatic rings. The lowest BCUT2D eigenvalue weighted by Gasteiger charge is -2.29. The van der Waals surface area contributed by atoms with Gasteiger partial charge >= 0.3 is 0 Å². The third-order valence-corrected chi connectivity index (χ3v) is 6.17. The summed E-state index contributed by atoms with van der Waals surface area (Å²) in [7, 11) is -1.52. The predicted octanol–water partition coefficient (Wildman–Crippen LogP) is 2.03. The molecule has 5 nitrogen and oxygen atoms in total. The zero-order valence-corrected chi connectivity index (χ0v) is 14.0. The summed E-state index contributed by atoms with van der Waals surface area (Å²) in [6.45, 7) is 4.21. The fourth-order valence-corrected chi connectivity index (χ4v) is 4.67. The summed E-state index contributed by atoms with van der Waals surface area (Å²) >= 11 is 5.97. The molecule has 1 aromatic carbocycles. The Kier molecular flexibility index (Phi) is 5.14. The monoisotopic (exact) mass is 331 g/mol. The lowest BCUT2D eigenvalue weighted by atomic mass is 10.2. The number of anilines is 1. The van der Waals surface area contributed by atoms with Crippen molar-refractivity contribution < 1.29 is 8.42 Å². The quantitative estimate of drug-likeness (QED) is 0.861. The van der Waals surface area contributed by atoms with Gasteiger partial charge < -0.3 is 10.6 Å². The zero-order valence-electron chi connectivity index (χ0n) is 12.4.